The second-order valence-corrected chi connectivity index (χ2v) is 5.61. The molecule has 0 bridgehead atoms. The summed E-state index contributed by atoms with van der Waals surface area (Å²) in [6, 6.07) is 0.860. The molecule has 0 aromatic carbocycles. The van der Waals surface area contributed by atoms with Gasteiger partial charge in [0.2, 0.25) is 0 Å². The number of nitrogens with one attached hydrogen (secondary N) is 1. The first-order valence-corrected chi connectivity index (χ1v) is 7.34. The molecule has 3 nitrogen and oxygen atoms in total. The summed E-state index contributed by atoms with van der Waals surface area (Å²) in [5.74, 6) is 0.961. The number of methoxy groups -OCH3 is 1. The first-order chi connectivity index (χ1) is 8.40. The van der Waals surface area contributed by atoms with Crippen molar-refractivity contribution in [2.75, 3.05) is 39.9 Å². The molecule has 0 atom stereocenters. The van der Waals surface area contributed by atoms with Crippen molar-refractivity contribution in [2.24, 2.45) is 5.92 Å². The predicted molar refractivity (Wildman–Crippen MR) is 71.3 cm³/mol. The van der Waals surface area contributed by atoms with E-state index in [0.717, 1.165) is 31.7 Å². The van der Waals surface area contributed by atoms with Gasteiger partial charge in [-0.25, -0.2) is 0 Å². The molecule has 17 heavy (non-hydrogen) atoms. The van der Waals surface area contributed by atoms with Gasteiger partial charge in [-0.15, -0.1) is 0 Å². The second-order valence-electron chi connectivity index (χ2n) is 5.61. The van der Waals surface area contributed by atoms with Crippen molar-refractivity contribution in [1.82, 2.24) is 10.2 Å². The Morgan fingerprint density at radius 2 is 1.88 bits per heavy atom. The molecule has 0 spiro atoms. The highest BCUT2D eigenvalue weighted by atomic mass is 16.5. The normalized spacial score (nSPS) is 21.5. The van der Waals surface area contributed by atoms with Gasteiger partial charge in [0.15, 0.2) is 0 Å². The fourth-order valence-electron chi connectivity index (χ4n) is 2.87. The van der Waals surface area contributed by atoms with Crippen LogP contribution in [0.4, 0.5) is 0 Å². The van der Waals surface area contributed by atoms with Crippen molar-refractivity contribution >= 4 is 0 Å². The summed E-state index contributed by atoms with van der Waals surface area (Å²) in [4.78, 5) is 2.59. The number of rotatable bonds is 9. The van der Waals surface area contributed by atoms with Gasteiger partial charge in [-0.2, -0.15) is 0 Å². The van der Waals surface area contributed by atoms with Gasteiger partial charge in [0, 0.05) is 32.8 Å². The van der Waals surface area contributed by atoms with Crippen molar-refractivity contribution in [3.63, 3.8) is 0 Å². The van der Waals surface area contributed by atoms with E-state index in [9.17, 15) is 0 Å². The van der Waals surface area contributed by atoms with E-state index in [2.05, 4.69) is 10.2 Å². The highest BCUT2D eigenvalue weighted by Gasteiger charge is 2.28. The van der Waals surface area contributed by atoms with Gasteiger partial charge in [-0.1, -0.05) is 12.8 Å². The lowest BCUT2D eigenvalue weighted by Crippen LogP contribution is -2.37. The Labute approximate surface area is 106 Å². The maximum atomic E-state index is 5.18. The zero-order valence-corrected chi connectivity index (χ0v) is 11.3. The molecular weight excluding hydrogens is 212 g/mol. The highest BCUT2D eigenvalue weighted by molar-refractivity contribution is 4.84. The molecule has 3 heteroatoms. The standard InChI is InChI=1S/C14H28N2O/c1-17-11-10-16(14-6-7-14)9-8-15-12-13-4-2-3-5-13/h13-15H,2-12H2,1H3. The van der Waals surface area contributed by atoms with Crippen LogP contribution in [0.2, 0.25) is 0 Å². The molecule has 2 aliphatic carbocycles. The molecule has 0 aromatic rings. The van der Waals surface area contributed by atoms with Crippen molar-refractivity contribution in [2.45, 2.75) is 44.6 Å². The molecule has 0 saturated heterocycles. The van der Waals surface area contributed by atoms with Gasteiger partial charge >= 0.3 is 0 Å². The third-order valence-electron chi connectivity index (χ3n) is 4.13. The monoisotopic (exact) mass is 240 g/mol. The van der Waals surface area contributed by atoms with Gasteiger partial charge < -0.3 is 10.1 Å². The van der Waals surface area contributed by atoms with Crippen LogP contribution in [0.1, 0.15) is 38.5 Å². The Morgan fingerprint density at radius 1 is 1.12 bits per heavy atom. The van der Waals surface area contributed by atoms with E-state index in [1.807, 2.05) is 0 Å². The maximum Gasteiger partial charge on any atom is 0.0589 e. The summed E-state index contributed by atoms with van der Waals surface area (Å²) in [7, 11) is 1.80. The van der Waals surface area contributed by atoms with Crippen molar-refractivity contribution in [3.05, 3.63) is 0 Å². The number of ether oxygens (including phenoxy) is 1. The molecule has 2 fully saturated rings. The predicted octanol–water partition coefficient (Wildman–Crippen LogP) is 1.88. The third-order valence-corrected chi connectivity index (χ3v) is 4.13. The molecule has 100 valence electrons. The maximum absolute atomic E-state index is 5.18. The van der Waals surface area contributed by atoms with Crippen LogP contribution in [0.15, 0.2) is 0 Å². The van der Waals surface area contributed by atoms with Crippen LogP contribution in [0.25, 0.3) is 0 Å². The molecule has 0 aromatic heterocycles. The number of hydrogen-bond acceptors (Lipinski definition) is 3. The highest BCUT2D eigenvalue weighted by Crippen LogP contribution is 2.26. The zero-order valence-electron chi connectivity index (χ0n) is 11.3. The van der Waals surface area contributed by atoms with E-state index in [1.165, 1.54) is 51.6 Å². The largest absolute Gasteiger partial charge is 0.383 e. The van der Waals surface area contributed by atoms with Crippen LogP contribution in [-0.2, 0) is 4.74 Å². The summed E-state index contributed by atoms with van der Waals surface area (Å²) < 4.78 is 5.18. The molecular formula is C14H28N2O. The van der Waals surface area contributed by atoms with Crippen molar-refractivity contribution in [3.8, 4) is 0 Å². The second kappa shape index (κ2) is 7.34. The lowest BCUT2D eigenvalue weighted by molar-refractivity contribution is 0.143. The molecule has 2 saturated carbocycles. The molecule has 0 amide bonds. The molecule has 1 N–H and O–H groups in total. The van der Waals surface area contributed by atoms with Gasteiger partial charge in [0.05, 0.1) is 6.61 Å². The first-order valence-electron chi connectivity index (χ1n) is 7.34. The lowest BCUT2D eigenvalue weighted by atomic mass is 10.1. The van der Waals surface area contributed by atoms with Crippen LogP contribution in [0.3, 0.4) is 0 Å². The van der Waals surface area contributed by atoms with E-state index >= 15 is 0 Å². The fourth-order valence-corrected chi connectivity index (χ4v) is 2.87. The number of nitrogens with zero attached hydrogens (tertiary/aromatic N) is 1. The van der Waals surface area contributed by atoms with E-state index in [0.29, 0.717) is 0 Å². The summed E-state index contributed by atoms with van der Waals surface area (Å²) >= 11 is 0. The van der Waals surface area contributed by atoms with E-state index in [-0.39, 0.29) is 0 Å². The van der Waals surface area contributed by atoms with Gasteiger partial charge in [0.1, 0.15) is 0 Å². The third kappa shape index (κ3) is 4.94. The minimum absolute atomic E-state index is 0.860. The molecule has 0 radical (unpaired) electrons. The van der Waals surface area contributed by atoms with E-state index in [4.69, 9.17) is 4.74 Å². The zero-order chi connectivity index (χ0) is 11.9. The summed E-state index contributed by atoms with van der Waals surface area (Å²) in [6.07, 6.45) is 8.59. The van der Waals surface area contributed by atoms with Crippen molar-refractivity contribution in [1.29, 1.82) is 0 Å². The van der Waals surface area contributed by atoms with Crippen LogP contribution in [0.5, 0.6) is 0 Å². The Bertz CT molecular complexity index is 200. The number of hydrogen-bond donors (Lipinski definition) is 1. The smallest absolute Gasteiger partial charge is 0.0589 e. The average molecular weight is 240 g/mol. The van der Waals surface area contributed by atoms with Crippen LogP contribution in [0, 0.1) is 5.92 Å². The molecule has 2 aliphatic rings. The fraction of sp³-hybridized carbons (Fsp3) is 1.00. The Hall–Kier alpha value is -0.120. The van der Waals surface area contributed by atoms with Gasteiger partial charge in [-0.05, 0) is 38.1 Å². The molecule has 0 aliphatic heterocycles. The summed E-state index contributed by atoms with van der Waals surface area (Å²) in [5, 5.41) is 3.63. The van der Waals surface area contributed by atoms with E-state index < -0.39 is 0 Å². The summed E-state index contributed by atoms with van der Waals surface area (Å²) in [6.45, 7) is 5.56. The first kappa shape index (κ1) is 13.3. The van der Waals surface area contributed by atoms with Gasteiger partial charge in [0.25, 0.3) is 0 Å². The Balaban J connectivity index is 1.52. The van der Waals surface area contributed by atoms with Gasteiger partial charge in [-0.3, -0.25) is 4.90 Å². The average Bonchev–Trinajstić information content (AvgIpc) is 3.05. The van der Waals surface area contributed by atoms with Crippen LogP contribution >= 0.6 is 0 Å². The topological polar surface area (TPSA) is 24.5 Å². The molecule has 0 unspecified atom stereocenters. The SMILES string of the molecule is COCCN(CCNCC1CCCC1)C1CC1. The minimum atomic E-state index is 0.860. The quantitative estimate of drug-likeness (QED) is 0.623. The lowest BCUT2D eigenvalue weighted by Gasteiger charge is -2.22. The Kier molecular flexibility index (Phi) is 5.75. The molecule has 0 heterocycles. The van der Waals surface area contributed by atoms with Crippen LogP contribution < -0.4 is 5.32 Å². The molecule has 2 rings (SSSR count). The van der Waals surface area contributed by atoms with E-state index in [1.54, 1.807) is 7.11 Å². The van der Waals surface area contributed by atoms with Crippen LogP contribution in [-0.4, -0.2) is 50.8 Å². The summed E-state index contributed by atoms with van der Waals surface area (Å²) in [5.41, 5.74) is 0. The minimum Gasteiger partial charge on any atom is -0.383 e. The van der Waals surface area contributed by atoms with Crippen molar-refractivity contribution < 1.29 is 4.74 Å². The Morgan fingerprint density at radius 3 is 2.53 bits per heavy atom.